The van der Waals surface area contributed by atoms with Gasteiger partial charge >= 0.3 is 5.97 Å². The third-order valence-corrected chi connectivity index (χ3v) is 7.59. The van der Waals surface area contributed by atoms with Crippen LogP contribution >= 0.6 is 34.9 Å². The molecule has 0 N–H and O–H groups in total. The zero-order chi connectivity index (χ0) is 15.6. The molecule has 2 nitrogen and oxygen atoms in total. The van der Waals surface area contributed by atoms with E-state index in [1.807, 2.05) is 59.2 Å². The Hall–Kier alpha value is -1.43. The fraction of sp³-hybridized carbons (Fsp3) is 0.167. The van der Waals surface area contributed by atoms with E-state index in [-0.39, 0.29) is 5.97 Å². The molecule has 0 radical (unpaired) electrons. The number of carbonyl (C=O) groups is 1. The molecule has 1 fully saturated rings. The minimum atomic E-state index is -0.274. The highest BCUT2D eigenvalue weighted by Gasteiger charge is 2.25. The fourth-order valence-electron chi connectivity index (χ4n) is 2.68. The van der Waals surface area contributed by atoms with Gasteiger partial charge in [-0.05, 0) is 28.3 Å². The van der Waals surface area contributed by atoms with Crippen LogP contribution in [0.4, 0.5) is 0 Å². The SMILES string of the molecule is O=C(Oc1ccc2ccccc2c1C1SCCS1)c1cccs1. The molecule has 2 aromatic carbocycles. The predicted molar refractivity (Wildman–Crippen MR) is 101 cm³/mol. The third-order valence-electron chi connectivity index (χ3n) is 3.71. The topological polar surface area (TPSA) is 26.3 Å². The van der Waals surface area contributed by atoms with Crippen LogP contribution in [0.25, 0.3) is 10.8 Å². The second-order valence-corrected chi connectivity index (χ2v) is 8.81. The minimum Gasteiger partial charge on any atom is -0.422 e. The van der Waals surface area contributed by atoms with Crippen LogP contribution < -0.4 is 4.74 Å². The number of ether oxygens (including phenoxy) is 1. The van der Waals surface area contributed by atoms with Gasteiger partial charge in [-0.1, -0.05) is 36.4 Å². The Morgan fingerprint density at radius 3 is 2.61 bits per heavy atom. The molecule has 4 rings (SSSR count). The number of thioether (sulfide) groups is 2. The molecule has 0 unspecified atom stereocenters. The fourth-order valence-corrected chi connectivity index (χ4v) is 6.26. The molecule has 0 saturated carbocycles. The minimum absolute atomic E-state index is 0.274. The van der Waals surface area contributed by atoms with Crippen LogP contribution in [-0.4, -0.2) is 17.5 Å². The van der Waals surface area contributed by atoms with Gasteiger partial charge in [-0.25, -0.2) is 4.79 Å². The molecule has 1 aliphatic rings. The van der Waals surface area contributed by atoms with Gasteiger partial charge in [0.15, 0.2) is 0 Å². The Morgan fingerprint density at radius 2 is 1.83 bits per heavy atom. The van der Waals surface area contributed by atoms with E-state index in [1.54, 1.807) is 6.07 Å². The zero-order valence-corrected chi connectivity index (χ0v) is 14.7. The van der Waals surface area contributed by atoms with Crippen molar-refractivity contribution in [3.63, 3.8) is 0 Å². The van der Waals surface area contributed by atoms with E-state index >= 15 is 0 Å². The Bertz CT molecular complexity index is 837. The predicted octanol–water partition coefficient (Wildman–Crippen LogP) is 5.60. The quantitative estimate of drug-likeness (QED) is 0.450. The van der Waals surface area contributed by atoms with Crippen LogP contribution in [-0.2, 0) is 0 Å². The van der Waals surface area contributed by atoms with Crippen molar-refractivity contribution in [3.05, 3.63) is 64.4 Å². The molecule has 116 valence electrons. The molecule has 0 amide bonds. The number of hydrogen-bond acceptors (Lipinski definition) is 5. The molecule has 1 aliphatic heterocycles. The van der Waals surface area contributed by atoms with E-state index in [0.29, 0.717) is 15.2 Å². The number of esters is 1. The number of hydrogen-bond donors (Lipinski definition) is 0. The number of benzene rings is 2. The summed E-state index contributed by atoms with van der Waals surface area (Å²) in [6.45, 7) is 0. The molecule has 1 aromatic heterocycles. The lowest BCUT2D eigenvalue weighted by molar-refractivity contribution is 0.0739. The monoisotopic (exact) mass is 358 g/mol. The van der Waals surface area contributed by atoms with Gasteiger partial charge in [-0.3, -0.25) is 0 Å². The van der Waals surface area contributed by atoms with E-state index in [2.05, 4.69) is 12.1 Å². The molecule has 0 bridgehead atoms. The maximum absolute atomic E-state index is 12.4. The van der Waals surface area contributed by atoms with E-state index in [1.165, 1.54) is 22.1 Å². The number of thiophene rings is 1. The summed E-state index contributed by atoms with van der Waals surface area (Å²) in [5, 5.41) is 4.25. The molecule has 5 heteroatoms. The van der Waals surface area contributed by atoms with Crippen molar-refractivity contribution in [2.45, 2.75) is 4.58 Å². The molecule has 2 heterocycles. The lowest BCUT2D eigenvalue weighted by atomic mass is 10.0. The molecular weight excluding hydrogens is 344 g/mol. The van der Waals surface area contributed by atoms with Crippen LogP contribution in [0.5, 0.6) is 5.75 Å². The normalized spacial score (nSPS) is 15.1. The van der Waals surface area contributed by atoms with Crippen molar-refractivity contribution in [2.24, 2.45) is 0 Å². The van der Waals surface area contributed by atoms with Crippen LogP contribution in [0.1, 0.15) is 19.8 Å². The summed E-state index contributed by atoms with van der Waals surface area (Å²) in [4.78, 5) is 13.0. The third kappa shape index (κ3) is 3.01. The van der Waals surface area contributed by atoms with Crippen molar-refractivity contribution in [1.82, 2.24) is 0 Å². The Balaban J connectivity index is 1.79. The molecule has 0 spiro atoms. The smallest absolute Gasteiger partial charge is 0.353 e. The van der Waals surface area contributed by atoms with Crippen molar-refractivity contribution in [1.29, 1.82) is 0 Å². The molecule has 23 heavy (non-hydrogen) atoms. The van der Waals surface area contributed by atoms with Crippen LogP contribution in [0.3, 0.4) is 0 Å². The zero-order valence-electron chi connectivity index (χ0n) is 12.2. The summed E-state index contributed by atoms with van der Waals surface area (Å²) in [7, 11) is 0. The standard InChI is InChI=1S/C18H14O2S3/c19-17(15-6-3-9-21-15)20-14-8-7-12-4-1-2-5-13(12)16(14)18-22-10-11-23-18/h1-9,18H,10-11H2. The summed E-state index contributed by atoms with van der Waals surface area (Å²) in [5.41, 5.74) is 1.14. The average Bonchev–Trinajstić information content (AvgIpc) is 3.28. The van der Waals surface area contributed by atoms with Crippen molar-refractivity contribution in [3.8, 4) is 5.75 Å². The van der Waals surface area contributed by atoms with E-state index < -0.39 is 0 Å². The second-order valence-electron chi connectivity index (χ2n) is 5.14. The first-order chi connectivity index (χ1) is 11.3. The van der Waals surface area contributed by atoms with Crippen molar-refractivity contribution >= 4 is 51.6 Å². The largest absolute Gasteiger partial charge is 0.422 e. The van der Waals surface area contributed by atoms with Gasteiger partial charge < -0.3 is 4.74 Å². The first-order valence-electron chi connectivity index (χ1n) is 7.33. The molecule has 0 aliphatic carbocycles. The molecule has 1 saturated heterocycles. The van der Waals surface area contributed by atoms with Gasteiger partial charge in [-0.2, -0.15) is 0 Å². The highest BCUT2D eigenvalue weighted by Crippen LogP contribution is 2.50. The van der Waals surface area contributed by atoms with Crippen molar-refractivity contribution in [2.75, 3.05) is 11.5 Å². The van der Waals surface area contributed by atoms with Gasteiger partial charge in [0.25, 0.3) is 0 Å². The Labute approximate surface area is 147 Å². The summed E-state index contributed by atoms with van der Waals surface area (Å²) in [6.07, 6.45) is 0. The molecular formula is C18H14O2S3. The van der Waals surface area contributed by atoms with E-state index in [9.17, 15) is 4.79 Å². The maximum atomic E-state index is 12.4. The Morgan fingerprint density at radius 1 is 1.00 bits per heavy atom. The van der Waals surface area contributed by atoms with Gasteiger partial charge in [-0.15, -0.1) is 34.9 Å². The number of fused-ring (bicyclic) bond motifs is 1. The number of carbonyl (C=O) groups excluding carboxylic acids is 1. The van der Waals surface area contributed by atoms with Crippen LogP contribution in [0.2, 0.25) is 0 Å². The van der Waals surface area contributed by atoms with Crippen LogP contribution in [0, 0.1) is 0 Å². The maximum Gasteiger partial charge on any atom is 0.353 e. The van der Waals surface area contributed by atoms with Gasteiger partial charge in [0, 0.05) is 17.1 Å². The van der Waals surface area contributed by atoms with Gasteiger partial charge in [0.2, 0.25) is 0 Å². The Kier molecular flexibility index (Phi) is 4.33. The molecule has 0 atom stereocenters. The molecule has 3 aromatic rings. The summed E-state index contributed by atoms with van der Waals surface area (Å²) >= 11 is 5.25. The first kappa shape index (κ1) is 15.1. The highest BCUT2D eigenvalue weighted by molar-refractivity contribution is 8.19. The lowest BCUT2D eigenvalue weighted by Crippen LogP contribution is -2.08. The van der Waals surface area contributed by atoms with Gasteiger partial charge in [0.05, 0.1) is 4.58 Å². The summed E-state index contributed by atoms with van der Waals surface area (Å²) in [6, 6.07) is 15.9. The van der Waals surface area contributed by atoms with Crippen molar-refractivity contribution < 1.29 is 9.53 Å². The first-order valence-corrected chi connectivity index (χ1v) is 10.3. The van der Waals surface area contributed by atoms with Gasteiger partial charge in [0.1, 0.15) is 10.6 Å². The number of rotatable bonds is 3. The second kappa shape index (κ2) is 6.59. The van der Waals surface area contributed by atoms with Crippen LogP contribution in [0.15, 0.2) is 53.9 Å². The summed E-state index contributed by atoms with van der Waals surface area (Å²) < 4.78 is 6.08. The van der Waals surface area contributed by atoms with E-state index in [4.69, 9.17) is 4.74 Å². The highest BCUT2D eigenvalue weighted by atomic mass is 32.2. The summed E-state index contributed by atoms with van der Waals surface area (Å²) in [5.74, 6) is 2.69. The lowest BCUT2D eigenvalue weighted by Gasteiger charge is -2.17. The average molecular weight is 359 g/mol. The van der Waals surface area contributed by atoms with E-state index in [0.717, 1.165) is 17.1 Å².